The number of morpholine rings is 1. The van der Waals surface area contributed by atoms with E-state index in [0.717, 1.165) is 21.9 Å². The zero-order chi connectivity index (χ0) is 29.4. The van der Waals surface area contributed by atoms with Gasteiger partial charge in [-0.1, -0.05) is 41.1 Å². The van der Waals surface area contributed by atoms with Gasteiger partial charge in [-0.05, 0) is 54.5 Å². The van der Waals surface area contributed by atoms with Gasteiger partial charge in [-0.2, -0.15) is 0 Å². The molecular weight excluding hydrogens is 610 g/mol. The minimum absolute atomic E-state index is 0.000616. The Labute approximate surface area is 260 Å². The van der Waals surface area contributed by atoms with Crippen LogP contribution in [0.4, 0.5) is 5.69 Å². The highest BCUT2D eigenvalue weighted by atomic mass is 35.5. The van der Waals surface area contributed by atoms with Crippen molar-refractivity contribution in [3.8, 4) is 5.75 Å². The molecule has 3 aromatic rings. The lowest BCUT2D eigenvalue weighted by atomic mass is 9.68. The van der Waals surface area contributed by atoms with Crippen LogP contribution in [0, 0.1) is 29.6 Å². The van der Waals surface area contributed by atoms with E-state index in [1.165, 1.54) is 16.2 Å². The van der Waals surface area contributed by atoms with Crippen LogP contribution in [-0.2, 0) is 19.1 Å². The van der Waals surface area contributed by atoms with Crippen LogP contribution in [0.25, 0.3) is 0 Å². The van der Waals surface area contributed by atoms with Gasteiger partial charge in [0.2, 0.25) is 11.8 Å². The van der Waals surface area contributed by atoms with Gasteiger partial charge in [-0.25, -0.2) is 0 Å². The topological polar surface area (TPSA) is 109 Å². The van der Waals surface area contributed by atoms with Crippen molar-refractivity contribution in [1.29, 1.82) is 0 Å². The Hall–Kier alpha value is -3.12. The van der Waals surface area contributed by atoms with Crippen molar-refractivity contribution in [2.75, 3.05) is 37.8 Å². The normalized spacial score (nSPS) is 30.8. The molecule has 0 spiro atoms. The first-order chi connectivity index (χ1) is 20.9. The summed E-state index contributed by atoms with van der Waals surface area (Å²) in [5.41, 5.74) is 1.41. The monoisotopic (exact) mass is 637 g/mol. The standard InChI is InChI=1S/C31H28ClN3O6S2/c32-15-6-7-20(41-14-21(36)34-8-10-40-11-9-34)17(12-15)22-23-18-13-19(26(23)42-28-27(22)43-31(39)33-28)25-24(18)29(37)35(30(25)38)16-4-2-1-3-5-16/h1-7,12,18-19,22-26H,8-11,13-14H2,(H,33,39)/t18-,19-,22-,23?,24?,25?,26?/m1/s1. The molecule has 1 N–H and O–H groups in total. The molecule has 4 fully saturated rings. The number of aromatic nitrogens is 1. The van der Waals surface area contributed by atoms with Crippen LogP contribution < -0.4 is 14.5 Å². The fourth-order valence-electron chi connectivity index (χ4n) is 8.13. The predicted molar refractivity (Wildman–Crippen MR) is 162 cm³/mol. The molecule has 12 heteroatoms. The number of hydrogen-bond donors (Lipinski definition) is 1. The van der Waals surface area contributed by atoms with Crippen LogP contribution in [0.5, 0.6) is 5.75 Å². The van der Waals surface area contributed by atoms with Crippen molar-refractivity contribution < 1.29 is 23.9 Å². The largest absolute Gasteiger partial charge is 0.483 e. The number of benzene rings is 2. The molecule has 43 heavy (non-hydrogen) atoms. The molecule has 2 bridgehead atoms. The van der Waals surface area contributed by atoms with Gasteiger partial charge >= 0.3 is 4.87 Å². The first-order valence-electron chi connectivity index (χ1n) is 14.5. The molecule has 7 atom stereocenters. The third-order valence-electron chi connectivity index (χ3n) is 9.76. The van der Waals surface area contributed by atoms with Crippen molar-refractivity contribution in [2.24, 2.45) is 29.6 Å². The summed E-state index contributed by atoms with van der Waals surface area (Å²) in [7, 11) is 0. The number of ether oxygens (including phenoxy) is 2. The third kappa shape index (κ3) is 4.30. The molecule has 5 aliphatic rings. The number of thioether (sulfide) groups is 1. The van der Waals surface area contributed by atoms with Crippen LogP contribution >= 0.6 is 34.7 Å². The molecule has 4 heterocycles. The number of nitrogens with one attached hydrogen (secondary N) is 1. The minimum atomic E-state index is -0.411. The maximum Gasteiger partial charge on any atom is 0.305 e. The molecule has 1 aromatic heterocycles. The number of thiazole rings is 1. The van der Waals surface area contributed by atoms with Crippen molar-refractivity contribution in [3.05, 3.63) is 73.7 Å². The number of carbonyl (C=O) groups excluding carboxylic acids is 3. The number of halogens is 1. The number of imide groups is 1. The molecular formula is C31H28ClN3O6S2. The first kappa shape index (κ1) is 27.4. The Kier molecular flexibility index (Phi) is 6.70. The van der Waals surface area contributed by atoms with Gasteiger partial charge in [-0.3, -0.25) is 24.1 Å². The molecule has 0 radical (unpaired) electrons. The van der Waals surface area contributed by atoms with Gasteiger partial charge in [0.25, 0.3) is 5.91 Å². The highest BCUT2D eigenvalue weighted by Crippen LogP contribution is 2.69. The number of para-hydroxylation sites is 1. The Morgan fingerprint density at radius 1 is 1.02 bits per heavy atom. The molecule has 2 aromatic carbocycles. The number of carbonyl (C=O) groups is 3. The summed E-state index contributed by atoms with van der Waals surface area (Å²) in [4.78, 5) is 60.3. The Balaban J connectivity index is 1.17. The lowest BCUT2D eigenvalue weighted by Gasteiger charge is -2.43. The summed E-state index contributed by atoms with van der Waals surface area (Å²) < 4.78 is 11.6. The number of hydrogen-bond acceptors (Lipinski definition) is 8. The third-order valence-corrected chi connectivity index (χ3v) is 12.6. The van der Waals surface area contributed by atoms with Crippen molar-refractivity contribution >= 4 is 58.1 Å². The Morgan fingerprint density at radius 2 is 1.77 bits per heavy atom. The molecule has 2 saturated carbocycles. The van der Waals surface area contributed by atoms with Crippen LogP contribution in [0.2, 0.25) is 5.02 Å². The molecule has 2 aliphatic carbocycles. The van der Waals surface area contributed by atoms with Gasteiger partial charge < -0.3 is 19.4 Å². The van der Waals surface area contributed by atoms with Crippen LogP contribution in [0.3, 0.4) is 0 Å². The van der Waals surface area contributed by atoms with E-state index >= 15 is 0 Å². The number of nitrogens with zero attached hydrogens (tertiary/aromatic N) is 2. The first-order valence-corrected chi connectivity index (χ1v) is 16.6. The zero-order valence-electron chi connectivity index (χ0n) is 22.9. The number of H-pyrrole nitrogens is 1. The molecule has 222 valence electrons. The quantitative estimate of drug-likeness (QED) is 0.421. The number of amides is 3. The summed E-state index contributed by atoms with van der Waals surface area (Å²) >= 11 is 9.38. The van der Waals surface area contributed by atoms with Crippen LogP contribution in [0.1, 0.15) is 22.8 Å². The molecule has 2 saturated heterocycles. The average molecular weight is 638 g/mol. The summed E-state index contributed by atoms with van der Waals surface area (Å²) in [5.74, 6) is -0.966. The summed E-state index contributed by atoms with van der Waals surface area (Å²) in [5, 5.41) is 1.35. The molecule has 9 nitrogen and oxygen atoms in total. The maximum atomic E-state index is 14.0. The van der Waals surface area contributed by atoms with Crippen molar-refractivity contribution in [1.82, 2.24) is 9.88 Å². The SMILES string of the molecule is O=C(COc1ccc(Cl)cc1[C@H]1c2sc(=O)[nH]c2SC2C1[C@H]1C[C@@H]2C2C(=O)N(c3ccccc3)C(=O)C21)N1CCOCC1. The second kappa shape index (κ2) is 10.5. The lowest BCUT2D eigenvalue weighted by Crippen LogP contribution is -2.43. The highest BCUT2D eigenvalue weighted by Gasteiger charge is 2.69. The summed E-state index contributed by atoms with van der Waals surface area (Å²) in [6, 6.07) is 14.5. The van der Waals surface area contributed by atoms with Gasteiger partial charge in [0.15, 0.2) is 6.61 Å². The van der Waals surface area contributed by atoms with E-state index in [9.17, 15) is 19.2 Å². The van der Waals surface area contributed by atoms with Gasteiger partial charge in [0.05, 0.1) is 35.8 Å². The van der Waals surface area contributed by atoms with Gasteiger partial charge in [-0.15, -0.1) is 11.8 Å². The van der Waals surface area contributed by atoms with Gasteiger partial charge in [0, 0.05) is 39.7 Å². The number of aromatic amines is 1. The molecule has 4 unspecified atom stereocenters. The molecule has 3 aliphatic heterocycles. The van der Waals surface area contributed by atoms with E-state index in [-0.39, 0.29) is 64.0 Å². The fourth-order valence-corrected chi connectivity index (χ4v) is 11.2. The van der Waals surface area contributed by atoms with Crippen molar-refractivity contribution in [3.63, 3.8) is 0 Å². The average Bonchev–Trinajstić information content (AvgIpc) is 3.76. The van der Waals surface area contributed by atoms with E-state index in [4.69, 9.17) is 21.1 Å². The van der Waals surface area contributed by atoms with Crippen LogP contribution in [0.15, 0.2) is 58.4 Å². The maximum absolute atomic E-state index is 14.0. The van der Waals surface area contributed by atoms with E-state index in [2.05, 4.69) is 4.98 Å². The number of fused-ring (bicyclic) bond motifs is 9. The lowest BCUT2D eigenvalue weighted by molar-refractivity contribution is -0.137. The van der Waals surface area contributed by atoms with Crippen LogP contribution in [-0.4, -0.2) is 65.8 Å². The summed E-state index contributed by atoms with van der Waals surface area (Å²) in [6.45, 7) is 1.93. The van der Waals surface area contributed by atoms with E-state index in [1.54, 1.807) is 40.9 Å². The second-order valence-electron chi connectivity index (χ2n) is 11.8. The number of anilines is 1. The Bertz CT molecular complexity index is 1690. The molecule has 8 rings (SSSR count). The van der Waals surface area contributed by atoms with Gasteiger partial charge in [0.1, 0.15) is 5.75 Å². The Morgan fingerprint density at radius 3 is 2.53 bits per heavy atom. The number of rotatable bonds is 5. The molecule has 3 amide bonds. The minimum Gasteiger partial charge on any atom is -0.483 e. The second-order valence-corrected chi connectivity index (χ2v) is 14.4. The van der Waals surface area contributed by atoms with E-state index < -0.39 is 5.92 Å². The highest BCUT2D eigenvalue weighted by molar-refractivity contribution is 8.00. The summed E-state index contributed by atoms with van der Waals surface area (Å²) in [6.07, 6.45) is 0.778. The van der Waals surface area contributed by atoms with E-state index in [0.29, 0.717) is 42.8 Å². The van der Waals surface area contributed by atoms with Crippen molar-refractivity contribution in [2.45, 2.75) is 22.6 Å². The zero-order valence-corrected chi connectivity index (χ0v) is 25.3. The smallest absolute Gasteiger partial charge is 0.305 e. The van der Waals surface area contributed by atoms with E-state index in [1.807, 2.05) is 24.3 Å². The fraction of sp³-hybridized carbons (Fsp3) is 0.419. The predicted octanol–water partition coefficient (Wildman–Crippen LogP) is 4.01.